The number of methoxy groups -OCH3 is 1. The number of rotatable bonds is 2. The van der Waals surface area contributed by atoms with Gasteiger partial charge >= 0.3 is 0 Å². The molecule has 0 aromatic heterocycles. The third kappa shape index (κ3) is 2.64. The number of benzene rings is 1. The predicted molar refractivity (Wildman–Crippen MR) is 71.2 cm³/mol. The molecule has 0 aliphatic carbocycles. The minimum absolute atomic E-state index is 0.105. The van der Waals surface area contributed by atoms with Crippen LogP contribution in [0.1, 0.15) is 10.4 Å². The lowest BCUT2D eigenvalue weighted by atomic mass is 10.1. The fraction of sp³-hybridized carbons (Fsp3) is 0.417. The number of hydrogen-bond donors (Lipinski definition) is 1. The van der Waals surface area contributed by atoms with E-state index in [9.17, 15) is 9.00 Å². The van der Waals surface area contributed by atoms with Gasteiger partial charge in [0.1, 0.15) is 5.75 Å². The van der Waals surface area contributed by atoms with Gasteiger partial charge in [0, 0.05) is 47.1 Å². The lowest BCUT2D eigenvalue weighted by Crippen LogP contribution is -2.42. The Bertz CT molecular complexity index is 480. The fourth-order valence-electron chi connectivity index (χ4n) is 1.87. The molecule has 1 aliphatic heterocycles. The van der Waals surface area contributed by atoms with Gasteiger partial charge in [0.05, 0.1) is 12.7 Å². The number of ether oxygens (including phenoxy) is 1. The third-order valence-corrected chi connectivity index (χ3v) is 4.23. The van der Waals surface area contributed by atoms with Crippen LogP contribution >= 0.6 is 0 Å². The van der Waals surface area contributed by atoms with Crippen LogP contribution in [0.5, 0.6) is 5.75 Å². The van der Waals surface area contributed by atoms with E-state index < -0.39 is 10.8 Å². The highest BCUT2D eigenvalue weighted by Gasteiger charge is 2.22. The molecule has 5 nitrogen and oxygen atoms in total. The molecular weight excluding hydrogens is 252 g/mol. The summed E-state index contributed by atoms with van der Waals surface area (Å²) in [6, 6.07) is 5.02. The van der Waals surface area contributed by atoms with Crippen molar-refractivity contribution < 1.29 is 13.7 Å². The molecule has 0 atom stereocenters. The van der Waals surface area contributed by atoms with E-state index in [0.29, 0.717) is 41.6 Å². The van der Waals surface area contributed by atoms with Gasteiger partial charge in [-0.3, -0.25) is 9.00 Å². The van der Waals surface area contributed by atoms with Crippen molar-refractivity contribution in [2.45, 2.75) is 0 Å². The van der Waals surface area contributed by atoms with Crippen LogP contribution in [0.2, 0.25) is 0 Å². The van der Waals surface area contributed by atoms with Gasteiger partial charge in [-0.05, 0) is 12.1 Å². The van der Waals surface area contributed by atoms with Gasteiger partial charge in [0.15, 0.2) is 0 Å². The standard InChI is InChI=1S/C12H16N2O3S/c1-17-9-2-3-10(11(13)8-9)12(15)14-4-6-18(16)7-5-14/h2-3,8H,4-7,13H2,1H3. The zero-order valence-electron chi connectivity index (χ0n) is 10.2. The third-order valence-electron chi connectivity index (χ3n) is 2.95. The number of carbonyl (C=O) groups is 1. The largest absolute Gasteiger partial charge is 0.497 e. The quantitative estimate of drug-likeness (QED) is 0.792. The zero-order chi connectivity index (χ0) is 13.1. The monoisotopic (exact) mass is 268 g/mol. The average molecular weight is 268 g/mol. The van der Waals surface area contributed by atoms with Crippen LogP contribution in [0, 0.1) is 0 Å². The van der Waals surface area contributed by atoms with Gasteiger partial charge in [-0.2, -0.15) is 0 Å². The summed E-state index contributed by atoms with van der Waals surface area (Å²) < 4.78 is 16.3. The van der Waals surface area contributed by atoms with E-state index in [4.69, 9.17) is 10.5 Å². The molecule has 0 bridgehead atoms. The highest BCUT2D eigenvalue weighted by Crippen LogP contribution is 2.21. The van der Waals surface area contributed by atoms with E-state index in [-0.39, 0.29) is 5.91 Å². The molecule has 18 heavy (non-hydrogen) atoms. The molecule has 1 saturated heterocycles. The molecule has 0 radical (unpaired) electrons. The Balaban J connectivity index is 2.16. The Morgan fingerprint density at radius 3 is 2.61 bits per heavy atom. The number of amides is 1. The number of carbonyl (C=O) groups excluding carboxylic acids is 1. The second-order valence-electron chi connectivity index (χ2n) is 4.09. The number of nitrogen functional groups attached to an aromatic ring is 1. The number of nitrogens with two attached hydrogens (primary N) is 1. The van der Waals surface area contributed by atoms with E-state index in [2.05, 4.69) is 0 Å². The van der Waals surface area contributed by atoms with Crippen molar-refractivity contribution in [1.29, 1.82) is 0 Å². The molecule has 0 spiro atoms. The maximum Gasteiger partial charge on any atom is 0.256 e. The summed E-state index contributed by atoms with van der Waals surface area (Å²) in [5, 5.41) is 0. The molecule has 1 heterocycles. The maximum absolute atomic E-state index is 12.2. The van der Waals surface area contributed by atoms with Crippen molar-refractivity contribution in [3.05, 3.63) is 23.8 Å². The Hall–Kier alpha value is -1.56. The van der Waals surface area contributed by atoms with Crippen LogP contribution in [0.4, 0.5) is 5.69 Å². The van der Waals surface area contributed by atoms with E-state index in [1.54, 1.807) is 30.2 Å². The molecule has 2 N–H and O–H groups in total. The van der Waals surface area contributed by atoms with Crippen molar-refractivity contribution in [1.82, 2.24) is 4.90 Å². The highest BCUT2D eigenvalue weighted by molar-refractivity contribution is 7.85. The van der Waals surface area contributed by atoms with E-state index >= 15 is 0 Å². The Morgan fingerprint density at radius 1 is 1.39 bits per heavy atom. The van der Waals surface area contributed by atoms with Gasteiger partial charge in [-0.25, -0.2) is 0 Å². The average Bonchev–Trinajstić information content (AvgIpc) is 2.38. The SMILES string of the molecule is COc1ccc(C(=O)N2CCS(=O)CC2)c(N)c1. The summed E-state index contributed by atoms with van der Waals surface area (Å²) in [6.07, 6.45) is 0. The van der Waals surface area contributed by atoms with E-state index in [0.717, 1.165) is 0 Å². The van der Waals surface area contributed by atoms with Gasteiger partial charge in [-0.15, -0.1) is 0 Å². The molecule has 1 amide bonds. The van der Waals surface area contributed by atoms with Crippen molar-refractivity contribution in [2.24, 2.45) is 0 Å². The van der Waals surface area contributed by atoms with Crippen molar-refractivity contribution in [2.75, 3.05) is 37.4 Å². The van der Waals surface area contributed by atoms with Crippen LogP contribution in [-0.4, -0.2) is 46.7 Å². The fourth-order valence-corrected chi connectivity index (χ4v) is 2.93. The molecule has 1 aromatic carbocycles. The zero-order valence-corrected chi connectivity index (χ0v) is 11.0. The first-order chi connectivity index (χ1) is 8.61. The lowest BCUT2D eigenvalue weighted by molar-refractivity contribution is 0.0772. The Kier molecular flexibility index (Phi) is 3.86. The molecule has 2 rings (SSSR count). The topological polar surface area (TPSA) is 72.6 Å². The van der Waals surface area contributed by atoms with Gasteiger partial charge < -0.3 is 15.4 Å². The minimum Gasteiger partial charge on any atom is -0.497 e. The summed E-state index contributed by atoms with van der Waals surface area (Å²) in [6.45, 7) is 1.05. The number of hydrogen-bond acceptors (Lipinski definition) is 4. The molecule has 98 valence electrons. The van der Waals surface area contributed by atoms with Crippen LogP contribution in [0.25, 0.3) is 0 Å². The van der Waals surface area contributed by atoms with Crippen LogP contribution in [-0.2, 0) is 10.8 Å². The number of anilines is 1. The van der Waals surface area contributed by atoms with Crippen molar-refractivity contribution in [3.8, 4) is 5.75 Å². The number of nitrogens with zero attached hydrogens (tertiary/aromatic N) is 1. The first-order valence-corrected chi connectivity index (χ1v) is 7.18. The highest BCUT2D eigenvalue weighted by atomic mass is 32.2. The molecule has 1 fully saturated rings. The van der Waals surface area contributed by atoms with Crippen LogP contribution < -0.4 is 10.5 Å². The van der Waals surface area contributed by atoms with E-state index in [1.807, 2.05) is 0 Å². The maximum atomic E-state index is 12.2. The Labute approximate surface area is 108 Å². The normalized spacial score (nSPS) is 16.6. The Morgan fingerprint density at radius 2 is 2.06 bits per heavy atom. The molecule has 1 aromatic rings. The van der Waals surface area contributed by atoms with Gasteiger partial charge in [0.2, 0.25) is 0 Å². The molecule has 6 heteroatoms. The van der Waals surface area contributed by atoms with Gasteiger partial charge in [-0.1, -0.05) is 0 Å². The van der Waals surface area contributed by atoms with E-state index in [1.165, 1.54) is 0 Å². The molecule has 1 aliphatic rings. The summed E-state index contributed by atoms with van der Waals surface area (Å²) in [5.41, 5.74) is 6.73. The van der Waals surface area contributed by atoms with Crippen molar-refractivity contribution in [3.63, 3.8) is 0 Å². The molecule has 0 unspecified atom stereocenters. The van der Waals surface area contributed by atoms with Gasteiger partial charge in [0.25, 0.3) is 5.91 Å². The molecule has 0 saturated carbocycles. The van der Waals surface area contributed by atoms with Crippen LogP contribution in [0.3, 0.4) is 0 Å². The summed E-state index contributed by atoms with van der Waals surface area (Å²) >= 11 is 0. The minimum atomic E-state index is -0.789. The molecular formula is C12H16N2O3S. The summed E-state index contributed by atoms with van der Waals surface area (Å²) in [7, 11) is 0.762. The second-order valence-corrected chi connectivity index (χ2v) is 5.79. The smallest absolute Gasteiger partial charge is 0.256 e. The lowest BCUT2D eigenvalue weighted by Gasteiger charge is -2.26. The summed E-state index contributed by atoms with van der Waals surface area (Å²) in [4.78, 5) is 13.9. The first kappa shape index (κ1) is 12.9. The summed E-state index contributed by atoms with van der Waals surface area (Å²) in [5.74, 6) is 1.61. The predicted octanol–water partition coefficient (Wildman–Crippen LogP) is 0.482. The second kappa shape index (κ2) is 5.39. The van der Waals surface area contributed by atoms with Crippen LogP contribution in [0.15, 0.2) is 18.2 Å². The van der Waals surface area contributed by atoms with Crippen molar-refractivity contribution >= 4 is 22.4 Å². The first-order valence-electron chi connectivity index (χ1n) is 5.69.